The smallest absolute Gasteiger partial charge is 0.260 e. The van der Waals surface area contributed by atoms with E-state index in [9.17, 15) is 14.0 Å². The quantitative estimate of drug-likeness (QED) is 0.683. The van der Waals surface area contributed by atoms with Gasteiger partial charge in [0, 0.05) is 25.0 Å². The van der Waals surface area contributed by atoms with Gasteiger partial charge in [0.25, 0.3) is 5.91 Å². The lowest BCUT2D eigenvalue weighted by atomic mass is 9.85. The van der Waals surface area contributed by atoms with Crippen molar-refractivity contribution >= 4 is 11.8 Å². The minimum absolute atomic E-state index is 0.0394. The summed E-state index contributed by atoms with van der Waals surface area (Å²) >= 11 is 0. The Morgan fingerprint density at radius 3 is 2.41 bits per heavy atom. The van der Waals surface area contributed by atoms with E-state index in [1.165, 1.54) is 12.1 Å². The van der Waals surface area contributed by atoms with E-state index in [2.05, 4.69) is 0 Å². The molecule has 0 aromatic heterocycles. The highest BCUT2D eigenvalue weighted by molar-refractivity contribution is 5.83. The summed E-state index contributed by atoms with van der Waals surface area (Å²) in [6.45, 7) is 10.1. The highest BCUT2D eigenvalue weighted by atomic mass is 19.1. The fourth-order valence-electron chi connectivity index (χ4n) is 3.87. The zero-order chi connectivity index (χ0) is 23.6. The number of amides is 2. The third kappa shape index (κ3) is 5.12. The van der Waals surface area contributed by atoms with Crippen molar-refractivity contribution in [2.45, 2.75) is 53.1 Å². The molecule has 1 unspecified atom stereocenters. The van der Waals surface area contributed by atoms with Gasteiger partial charge in [0.1, 0.15) is 11.6 Å². The Morgan fingerprint density at radius 1 is 1.16 bits per heavy atom. The molecule has 0 fully saturated rings. The van der Waals surface area contributed by atoms with Crippen LogP contribution >= 0.6 is 0 Å². The minimum Gasteiger partial charge on any atom is -0.484 e. The number of fused-ring (bicyclic) bond motifs is 1. The molecule has 2 aromatic rings. The van der Waals surface area contributed by atoms with Gasteiger partial charge < -0.3 is 14.5 Å². The summed E-state index contributed by atoms with van der Waals surface area (Å²) in [6, 6.07) is 11.8. The lowest BCUT2D eigenvalue weighted by Gasteiger charge is -2.41. The number of rotatable bonds is 5. The molecular weight excluding hydrogens is 407 g/mol. The number of hydrogen-bond donors (Lipinski definition) is 0. The third-order valence-electron chi connectivity index (χ3n) is 5.96. The minimum atomic E-state index is -0.544. The molecule has 0 saturated carbocycles. The number of carbonyl (C=O) groups is 2. The Morgan fingerprint density at radius 2 is 1.81 bits per heavy atom. The van der Waals surface area contributed by atoms with Crippen molar-refractivity contribution in [1.29, 1.82) is 0 Å². The van der Waals surface area contributed by atoms with Crippen molar-refractivity contribution in [1.82, 2.24) is 9.80 Å². The van der Waals surface area contributed by atoms with Crippen LogP contribution in [0, 0.1) is 11.2 Å². The van der Waals surface area contributed by atoms with Gasteiger partial charge in [-0.25, -0.2) is 4.39 Å². The van der Waals surface area contributed by atoms with Crippen LogP contribution < -0.4 is 4.74 Å². The molecule has 32 heavy (non-hydrogen) atoms. The van der Waals surface area contributed by atoms with Gasteiger partial charge in [-0.1, -0.05) is 39.0 Å². The van der Waals surface area contributed by atoms with E-state index in [-0.39, 0.29) is 36.3 Å². The molecule has 1 aliphatic heterocycles. The first-order valence-corrected chi connectivity index (χ1v) is 11.1. The average molecular weight is 441 g/mol. The first kappa shape index (κ1) is 23.8. The van der Waals surface area contributed by atoms with E-state index in [0.29, 0.717) is 12.3 Å². The van der Waals surface area contributed by atoms with Crippen molar-refractivity contribution in [3.05, 3.63) is 65.0 Å². The van der Waals surface area contributed by atoms with E-state index in [4.69, 9.17) is 4.74 Å². The monoisotopic (exact) mass is 440 g/mol. The molecule has 2 amide bonds. The van der Waals surface area contributed by atoms with Crippen molar-refractivity contribution in [3.8, 4) is 5.75 Å². The fourth-order valence-corrected chi connectivity index (χ4v) is 3.87. The van der Waals surface area contributed by atoms with Crippen LogP contribution in [0.1, 0.15) is 57.4 Å². The third-order valence-corrected chi connectivity index (χ3v) is 5.96. The Labute approximate surface area is 190 Å². The number of carbonyl (C=O) groups excluding carboxylic acids is 2. The Hall–Kier alpha value is -2.89. The summed E-state index contributed by atoms with van der Waals surface area (Å²) < 4.78 is 19.4. The lowest BCUT2D eigenvalue weighted by Crippen LogP contribution is -2.45. The average Bonchev–Trinajstić information content (AvgIpc) is 2.75. The molecule has 5 nitrogen and oxygen atoms in total. The lowest BCUT2D eigenvalue weighted by molar-refractivity contribution is -0.141. The summed E-state index contributed by atoms with van der Waals surface area (Å²) in [5.74, 6) is 0.199. The number of halogens is 1. The van der Waals surface area contributed by atoms with Crippen molar-refractivity contribution in [3.63, 3.8) is 0 Å². The highest BCUT2D eigenvalue weighted by Crippen LogP contribution is 2.39. The summed E-state index contributed by atoms with van der Waals surface area (Å²) in [5, 5.41) is 0. The van der Waals surface area contributed by atoms with Crippen molar-refractivity contribution in [2.75, 3.05) is 20.2 Å². The normalized spacial score (nSPS) is 16.0. The van der Waals surface area contributed by atoms with E-state index >= 15 is 0 Å². The first-order valence-electron chi connectivity index (χ1n) is 11.1. The molecule has 0 N–H and O–H groups in total. The van der Waals surface area contributed by atoms with E-state index in [1.54, 1.807) is 24.1 Å². The van der Waals surface area contributed by atoms with Crippen LogP contribution in [-0.4, -0.2) is 47.9 Å². The van der Waals surface area contributed by atoms with Gasteiger partial charge in [0.05, 0.1) is 6.04 Å². The summed E-state index contributed by atoms with van der Waals surface area (Å²) in [6.07, 6.45) is 0.726. The summed E-state index contributed by atoms with van der Waals surface area (Å²) in [5.41, 5.74) is 2.37. The largest absolute Gasteiger partial charge is 0.484 e. The summed E-state index contributed by atoms with van der Waals surface area (Å²) in [7, 11) is 1.75. The maximum atomic E-state index is 13.6. The molecule has 0 saturated heterocycles. The van der Waals surface area contributed by atoms with Gasteiger partial charge in [0.2, 0.25) is 5.91 Å². The van der Waals surface area contributed by atoms with Gasteiger partial charge >= 0.3 is 0 Å². The molecule has 6 heteroatoms. The van der Waals surface area contributed by atoms with Crippen molar-refractivity contribution < 1.29 is 18.7 Å². The second kappa shape index (κ2) is 9.31. The zero-order valence-electron chi connectivity index (χ0n) is 19.8. The predicted octanol–water partition coefficient (Wildman–Crippen LogP) is 4.59. The van der Waals surface area contributed by atoms with Gasteiger partial charge in [-0.3, -0.25) is 9.59 Å². The maximum Gasteiger partial charge on any atom is 0.260 e. The molecule has 172 valence electrons. The van der Waals surface area contributed by atoms with Crippen molar-refractivity contribution in [2.24, 2.45) is 5.41 Å². The molecular formula is C26H33FN2O3. The van der Waals surface area contributed by atoms with E-state index in [1.807, 2.05) is 57.7 Å². The number of hydrogen-bond acceptors (Lipinski definition) is 3. The molecule has 0 bridgehead atoms. The first-order chi connectivity index (χ1) is 15.0. The molecule has 0 spiro atoms. The number of benzene rings is 2. The van der Waals surface area contributed by atoms with Gasteiger partial charge in [0.15, 0.2) is 6.61 Å². The van der Waals surface area contributed by atoms with Crippen LogP contribution in [0.15, 0.2) is 42.5 Å². The van der Waals surface area contributed by atoms with E-state index in [0.717, 1.165) is 23.1 Å². The number of nitrogens with zero attached hydrogens (tertiary/aromatic N) is 2. The van der Waals surface area contributed by atoms with Gasteiger partial charge in [-0.15, -0.1) is 0 Å². The zero-order valence-corrected chi connectivity index (χ0v) is 19.8. The molecule has 2 aromatic carbocycles. The molecule has 0 radical (unpaired) electrons. The second-order valence-electron chi connectivity index (χ2n) is 9.70. The van der Waals surface area contributed by atoms with Crippen LogP contribution in [0.25, 0.3) is 0 Å². The van der Waals surface area contributed by atoms with Crippen LogP contribution in [0.3, 0.4) is 0 Å². The predicted molar refractivity (Wildman–Crippen MR) is 123 cm³/mol. The standard InChI is InChI=1S/C26H33FN2O3/c1-17(2)28(6)23(30)16-32-21-12-9-18-13-14-29(25(31)26(3,4)5)24(22(18)15-21)19-7-10-20(27)11-8-19/h7-12,15,17,24H,13-14,16H2,1-6H3. The fraction of sp³-hybridized carbons (Fsp3) is 0.462. The van der Waals surface area contributed by atoms with E-state index < -0.39 is 5.41 Å². The topological polar surface area (TPSA) is 49.9 Å². The molecule has 0 aliphatic carbocycles. The molecule has 3 rings (SSSR count). The Bertz CT molecular complexity index is 980. The number of ether oxygens (including phenoxy) is 1. The Balaban J connectivity index is 1.96. The Kier molecular flexibility index (Phi) is 6.91. The molecule has 1 atom stereocenters. The highest BCUT2D eigenvalue weighted by Gasteiger charge is 2.37. The SMILES string of the molecule is CC(C)N(C)C(=O)COc1ccc2c(c1)C(c1ccc(F)cc1)N(C(=O)C(C)(C)C)CC2. The summed E-state index contributed by atoms with van der Waals surface area (Å²) in [4.78, 5) is 29.1. The van der Waals surface area contributed by atoms with Crippen LogP contribution in [0.4, 0.5) is 4.39 Å². The van der Waals surface area contributed by atoms with Gasteiger partial charge in [-0.05, 0) is 61.2 Å². The molecule has 1 heterocycles. The maximum absolute atomic E-state index is 13.6. The second-order valence-corrected chi connectivity index (χ2v) is 9.70. The van der Waals surface area contributed by atoms with Crippen LogP contribution in [0.2, 0.25) is 0 Å². The molecule has 1 aliphatic rings. The van der Waals surface area contributed by atoms with Gasteiger partial charge in [-0.2, -0.15) is 0 Å². The number of likely N-dealkylation sites (N-methyl/N-ethyl adjacent to an activating group) is 1. The van der Waals surface area contributed by atoms with Crippen LogP contribution in [0.5, 0.6) is 5.75 Å². The van der Waals surface area contributed by atoms with Crippen LogP contribution in [-0.2, 0) is 16.0 Å².